The van der Waals surface area contributed by atoms with Crippen LogP contribution < -0.4 is 5.73 Å². The van der Waals surface area contributed by atoms with Crippen molar-refractivity contribution in [2.45, 2.75) is 45.1 Å². The van der Waals surface area contributed by atoms with Gasteiger partial charge < -0.3 is 15.4 Å². The molecule has 0 radical (unpaired) electrons. The van der Waals surface area contributed by atoms with Gasteiger partial charge in [0.05, 0.1) is 0 Å². The summed E-state index contributed by atoms with van der Waals surface area (Å²) in [4.78, 5) is 18.0. The number of rotatable bonds is 1. The molecule has 0 saturated carbocycles. The van der Waals surface area contributed by atoms with E-state index in [2.05, 4.69) is 10.1 Å². The molecule has 0 aromatic carbocycles. The van der Waals surface area contributed by atoms with E-state index in [9.17, 15) is 4.79 Å². The van der Waals surface area contributed by atoms with Gasteiger partial charge in [-0.05, 0) is 45.1 Å². The molecule has 0 unspecified atom stereocenters. The minimum Gasteiger partial charge on any atom is -0.444 e. The lowest BCUT2D eigenvalue weighted by molar-refractivity contribution is 0.0205. The van der Waals surface area contributed by atoms with E-state index in [0.29, 0.717) is 19.0 Å². The predicted molar refractivity (Wildman–Crippen MR) is 87.2 cm³/mol. The van der Waals surface area contributed by atoms with Crippen LogP contribution in [-0.4, -0.2) is 44.3 Å². The van der Waals surface area contributed by atoms with Crippen LogP contribution in [0.3, 0.4) is 0 Å². The number of nitrogens with zero attached hydrogens (tertiary/aromatic N) is 4. The van der Waals surface area contributed by atoms with Gasteiger partial charge in [-0.25, -0.2) is 14.3 Å². The maximum Gasteiger partial charge on any atom is 0.410 e. The van der Waals surface area contributed by atoms with Crippen molar-refractivity contribution in [2.75, 3.05) is 18.8 Å². The van der Waals surface area contributed by atoms with Gasteiger partial charge in [-0.1, -0.05) is 0 Å². The molecule has 3 rings (SSSR count). The van der Waals surface area contributed by atoms with E-state index in [1.807, 2.05) is 33.0 Å². The van der Waals surface area contributed by atoms with Crippen LogP contribution in [-0.2, 0) is 4.74 Å². The first-order valence-corrected chi connectivity index (χ1v) is 7.90. The first kappa shape index (κ1) is 15.6. The molecule has 2 aromatic heterocycles. The Kier molecular flexibility index (Phi) is 3.87. The number of carbonyl (C=O) groups is 1. The van der Waals surface area contributed by atoms with Gasteiger partial charge in [0.25, 0.3) is 0 Å². The monoisotopic (exact) mass is 317 g/mol. The third-order valence-electron chi connectivity index (χ3n) is 4.07. The first-order chi connectivity index (χ1) is 10.8. The van der Waals surface area contributed by atoms with Crippen LogP contribution in [0.1, 0.15) is 45.1 Å². The van der Waals surface area contributed by atoms with Gasteiger partial charge in [-0.3, -0.25) is 0 Å². The van der Waals surface area contributed by atoms with Gasteiger partial charge in [-0.15, -0.1) is 0 Å². The van der Waals surface area contributed by atoms with Crippen LogP contribution in [0, 0.1) is 0 Å². The Labute approximate surface area is 135 Å². The van der Waals surface area contributed by atoms with Gasteiger partial charge in [0.15, 0.2) is 5.65 Å². The number of hydrogen-bond acceptors (Lipinski definition) is 5. The topological polar surface area (TPSA) is 85.8 Å². The van der Waals surface area contributed by atoms with Crippen molar-refractivity contribution in [3.63, 3.8) is 0 Å². The summed E-state index contributed by atoms with van der Waals surface area (Å²) in [6, 6.07) is 1.85. The second kappa shape index (κ2) is 5.72. The number of carbonyl (C=O) groups excluding carboxylic acids is 1. The molecular weight excluding hydrogens is 294 g/mol. The minimum absolute atomic E-state index is 0.240. The second-order valence-electron chi connectivity index (χ2n) is 6.99. The number of ether oxygens (including phenoxy) is 1. The van der Waals surface area contributed by atoms with E-state index < -0.39 is 5.60 Å². The highest BCUT2D eigenvalue weighted by atomic mass is 16.6. The molecule has 3 heterocycles. The van der Waals surface area contributed by atoms with Crippen molar-refractivity contribution in [1.29, 1.82) is 0 Å². The van der Waals surface area contributed by atoms with Gasteiger partial charge in [0, 0.05) is 31.0 Å². The Morgan fingerprint density at radius 3 is 2.70 bits per heavy atom. The summed E-state index contributed by atoms with van der Waals surface area (Å²) in [6.45, 7) is 6.99. The van der Waals surface area contributed by atoms with Gasteiger partial charge in [0.1, 0.15) is 11.9 Å². The maximum atomic E-state index is 12.1. The summed E-state index contributed by atoms with van der Waals surface area (Å²) < 4.78 is 7.17. The van der Waals surface area contributed by atoms with E-state index in [1.54, 1.807) is 9.42 Å². The van der Waals surface area contributed by atoms with E-state index in [-0.39, 0.29) is 6.09 Å². The lowest BCUT2D eigenvalue weighted by Crippen LogP contribution is -2.41. The van der Waals surface area contributed by atoms with Crippen molar-refractivity contribution < 1.29 is 9.53 Å². The fourth-order valence-electron chi connectivity index (χ4n) is 2.93. The molecule has 2 N–H and O–H groups in total. The summed E-state index contributed by atoms with van der Waals surface area (Å²) in [6.07, 6.45) is 4.96. The largest absolute Gasteiger partial charge is 0.444 e. The molecule has 0 bridgehead atoms. The zero-order valence-corrected chi connectivity index (χ0v) is 13.8. The summed E-state index contributed by atoms with van der Waals surface area (Å²) in [5.74, 6) is 0.322. The standard InChI is InChI=1S/C16H23N5O2/c1-16(2,3)23-15(22)20-6-4-11(5-7-20)12-9-21-14(8-13(12)17)18-10-19-21/h8-11H,4-7,17H2,1-3H3. The molecule has 0 atom stereocenters. The van der Waals surface area contributed by atoms with Crippen LogP contribution in [0.2, 0.25) is 0 Å². The molecule has 124 valence electrons. The van der Waals surface area contributed by atoms with Crippen molar-refractivity contribution in [3.8, 4) is 0 Å². The quantitative estimate of drug-likeness (QED) is 0.873. The van der Waals surface area contributed by atoms with Gasteiger partial charge in [0.2, 0.25) is 0 Å². The third-order valence-corrected chi connectivity index (χ3v) is 4.07. The Bertz CT molecular complexity index is 711. The zero-order valence-electron chi connectivity index (χ0n) is 13.8. The summed E-state index contributed by atoms with van der Waals surface area (Å²) in [7, 11) is 0. The number of fused-ring (bicyclic) bond motifs is 1. The third kappa shape index (κ3) is 3.38. The fourth-order valence-corrected chi connectivity index (χ4v) is 2.93. The second-order valence-corrected chi connectivity index (χ2v) is 6.99. The summed E-state index contributed by atoms with van der Waals surface area (Å²) in [5.41, 5.74) is 8.27. The number of nitrogen functional groups attached to an aromatic ring is 1. The van der Waals surface area contributed by atoms with Crippen LogP contribution in [0.4, 0.5) is 10.5 Å². The lowest BCUT2D eigenvalue weighted by Gasteiger charge is -2.33. The highest BCUT2D eigenvalue weighted by Crippen LogP contribution is 2.32. The first-order valence-electron chi connectivity index (χ1n) is 7.90. The van der Waals surface area contributed by atoms with Crippen LogP contribution in [0.25, 0.3) is 5.65 Å². The molecule has 7 nitrogen and oxygen atoms in total. The van der Waals surface area contributed by atoms with Crippen molar-refractivity contribution in [2.24, 2.45) is 0 Å². The lowest BCUT2D eigenvalue weighted by atomic mass is 9.89. The molecule has 23 heavy (non-hydrogen) atoms. The fraction of sp³-hybridized carbons (Fsp3) is 0.562. The van der Waals surface area contributed by atoms with Gasteiger partial charge in [-0.2, -0.15) is 5.10 Å². The van der Waals surface area contributed by atoms with Crippen molar-refractivity contribution in [3.05, 3.63) is 24.2 Å². The van der Waals surface area contributed by atoms with Crippen molar-refractivity contribution >= 4 is 17.4 Å². The molecule has 0 aliphatic carbocycles. The van der Waals surface area contributed by atoms with E-state index in [0.717, 1.165) is 29.7 Å². The number of piperidine rings is 1. The summed E-state index contributed by atoms with van der Waals surface area (Å²) >= 11 is 0. The number of nitrogens with two attached hydrogens (primary N) is 1. The SMILES string of the molecule is CC(C)(C)OC(=O)N1CCC(c2cn3ncnc3cc2N)CC1. The number of likely N-dealkylation sites (tertiary alicyclic amines) is 1. The number of hydrogen-bond donors (Lipinski definition) is 1. The average Bonchev–Trinajstić information content (AvgIpc) is 2.92. The Morgan fingerprint density at radius 2 is 2.04 bits per heavy atom. The number of pyridine rings is 1. The average molecular weight is 317 g/mol. The molecule has 7 heteroatoms. The molecule has 1 aliphatic heterocycles. The molecule has 1 amide bonds. The molecular formula is C16H23N5O2. The van der Waals surface area contributed by atoms with Crippen LogP contribution in [0.5, 0.6) is 0 Å². The molecule has 1 aliphatic rings. The molecule has 0 spiro atoms. The number of aromatic nitrogens is 3. The zero-order chi connectivity index (χ0) is 16.6. The maximum absolute atomic E-state index is 12.1. The van der Waals surface area contributed by atoms with E-state index >= 15 is 0 Å². The number of amides is 1. The van der Waals surface area contributed by atoms with Gasteiger partial charge >= 0.3 is 6.09 Å². The predicted octanol–water partition coefficient (Wildman–Crippen LogP) is 2.43. The van der Waals surface area contributed by atoms with E-state index in [1.165, 1.54) is 6.33 Å². The Hall–Kier alpha value is -2.31. The smallest absolute Gasteiger partial charge is 0.410 e. The normalized spacial score (nSPS) is 16.7. The minimum atomic E-state index is -0.462. The van der Waals surface area contributed by atoms with Crippen molar-refractivity contribution in [1.82, 2.24) is 19.5 Å². The van der Waals surface area contributed by atoms with Crippen LogP contribution in [0.15, 0.2) is 18.6 Å². The van der Waals surface area contributed by atoms with Crippen LogP contribution >= 0.6 is 0 Å². The van der Waals surface area contributed by atoms with E-state index in [4.69, 9.17) is 10.5 Å². The summed E-state index contributed by atoms with van der Waals surface area (Å²) in [5, 5.41) is 4.16. The number of anilines is 1. The molecule has 1 saturated heterocycles. The Balaban J connectivity index is 1.68. The molecule has 2 aromatic rings. The highest BCUT2D eigenvalue weighted by molar-refractivity contribution is 5.68. The Morgan fingerprint density at radius 1 is 1.35 bits per heavy atom. The molecule has 1 fully saturated rings. The highest BCUT2D eigenvalue weighted by Gasteiger charge is 2.28.